The Morgan fingerprint density at radius 2 is 2.00 bits per heavy atom. The number of nitrogens with one attached hydrogen (secondary N) is 1. The quantitative estimate of drug-likeness (QED) is 0.816. The highest BCUT2D eigenvalue weighted by atomic mass is 16.5. The van der Waals surface area contributed by atoms with Crippen molar-refractivity contribution < 1.29 is 19.1 Å². The van der Waals surface area contributed by atoms with Crippen LogP contribution in [0.5, 0.6) is 11.5 Å². The average Bonchev–Trinajstić information content (AvgIpc) is 3.13. The van der Waals surface area contributed by atoms with Crippen LogP contribution in [0.15, 0.2) is 42.5 Å². The van der Waals surface area contributed by atoms with Gasteiger partial charge >= 0.3 is 0 Å². The topological polar surface area (TPSA) is 67.9 Å². The van der Waals surface area contributed by atoms with Gasteiger partial charge in [-0.3, -0.25) is 9.59 Å². The van der Waals surface area contributed by atoms with Crippen LogP contribution < -0.4 is 19.7 Å². The largest absolute Gasteiger partial charge is 0.497 e. The number of hydrogen-bond acceptors (Lipinski definition) is 4. The van der Waals surface area contributed by atoms with Crippen LogP contribution in [0.4, 0.5) is 5.69 Å². The normalized spacial score (nSPS) is 13.6. The summed E-state index contributed by atoms with van der Waals surface area (Å²) >= 11 is 0. The minimum absolute atomic E-state index is 0.109. The van der Waals surface area contributed by atoms with Crippen LogP contribution in [0, 0.1) is 0 Å². The number of carbonyl (C=O) groups excluding carboxylic acids is 2. The molecule has 0 unspecified atom stereocenters. The molecule has 2 aromatic rings. The van der Waals surface area contributed by atoms with Crippen molar-refractivity contribution in [2.75, 3.05) is 32.2 Å². The summed E-state index contributed by atoms with van der Waals surface area (Å²) in [5, 5.41) is 2.93. The minimum Gasteiger partial charge on any atom is -0.497 e. The lowest BCUT2D eigenvalue weighted by atomic mass is 10.1. The molecular weight excluding hydrogens is 344 g/mol. The van der Waals surface area contributed by atoms with E-state index in [0.717, 1.165) is 29.2 Å². The van der Waals surface area contributed by atoms with Gasteiger partial charge in [0.25, 0.3) is 5.91 Å². The summed E-state index contributed by atoms with van der Waals surface area (Å²) in [5.41, 5.74) is 2.29. The molecule has 0 aliphatic carbocycles. The van der Waals surface area contributed by atoms with Crippen molar-refractivity contribution in [1.29, 1.82) is 0 Å². The molecule has 1 aliphatic rings. The lowest BCUT2D eigenvalue weighted by Gasteiger charge is -2.16. The van der Waals surface area contributed by atoms with Crippen LogP contribution in [-0.2, 0) is 11.2 Å². The van der Waals surface area contributed by atoms with Crippen LogP contribution in [0.1, 0.15) is 28.8 Å². The third kappa shape index (κ3) is 4.39. The van der Waals surface area contributed by atoms with Gasteiger partial charge in [-0.2, -0.15) is 0 Å². The molecule has 27 heavy (non-hydrogen) atoms. The molecule has 0 saturated carbocycles. The lowest BCUT2D eigenvalue weighted by Crippen LogP contribution is -2.27. The zero-order valence-electron chi connectivity index (χ0n) is 15.7. The number of carbonyl (C=O) groups is 2. The van der Waals surface area contributed by atoms with Gasteiger partial charge in [0, 0.05) is 30.8 Å². The van der Waals surface area contributed by atoms with Crippen molar-refractivity contribution in [2.45, 2.75) is 19.3 Å². The summed E-state index contributed by atoms with van der Waals surface area (Å²) in [6, 6.07) is 12.8. The highest BCUT2D eigenvalue weighted by Gasteiger charge is 2.22. The maximum atomic E-state index is 12.5. The van der Waals surface area contributed by atoms with Gasteiger partial charge in [-0.1, -0.05) is 6.07 Å². The van der Waals surface area contributed by atoms with E-state index in [1.54, 1.807) is 37.3 Å². The van der Waals surface area contributed by atoms with Crippen LogP contribution in [-0.4, -0.2) is 39.1 Å². The molecule has 1 N–H and O–H groups in total. The Labute approximate surface area is 159 Å². The fraction of sp³-hybridized carbons (Fsp3) is 0.333. The first kappa shape index (κ1) is 18.8. The first-order valence-electron chi connectivity index (χ1n) is 9.02. The first-order valence-corrected chi connectivity index (χ1v) is 9.02. The van der Waals surface area contributed by atoms with E-state index >= 15 is 0 Å². The molecule has 0 atom stereocenters. The smallest absolute Gasteiger partial charge is 0.251 e. The molecule has 1 saturated heterocycles. The van der Waals surface area contributed by atoms with E-state index in [2.05, 4.69) is 5.32 Å². The Hall–Kier alpha value is -3.02. The van der Waals surface area contributed by atoms with Gasteiger partial charge in [0.15, 0.2) is 0 Å². The van der Waals surface area contributed by atoms with Gasteiger partial charge in [-0.05, 0) is 54.8 Å². The molecule has 1 aliphatic heterocycles. The zero-order valence-corrected chi connectivity index (χ0v) is 15.7. The second-order valence-electron chi connectivity index (χ2n) is 6.38. The number of amides is 2. The van der Waals surface area contributed by atoms with Crippen molar-refractivity contribution in [2.24, 2.45) is 0 Å². The first-order chi connectivity index (χ1) is 13.1. The number of nitrogens with zero attached hydrogens (tertiary/aromatic N) is 1. The van der Waals surface area contributed by atoms with Crippen molar-refractivity contribution in [3.63, 3.8) is 0 Å². The number of rotatable bonds is 7. The van der Waals surface area contributed by atoms with Gasteiger partial charge < -0.3 is 19.7 Å². The van der Waals surface area contributed by atoms with Crippen LogP contribution >= 0.6 is 0 Å². The van der Waals surface area contributed by atoms with Crippen LogP contribution in [0.25, 0.3) is 0 Å². The van der Waals surface area contributed by atoms with Crippen LogP contribution in [0.2, 0.25) is 0 Å². The fourth-order valence-corrected chi connectivity index (χ4v) is 3.23. The Morgan fingerprint density at radius 1 is 1.15 bits per heavy atom. The Kier molecular flexibility index (Phi) is 5.96. The average molecular weight is 368 g/mol. The summed E-state index contributed by atoms with van der Waals surface area (Å²) in [4.78, 5) is 26.1. The third-order valence-electron chi connectivity index (χ3n) is 4.66. The zero-order chi connectivity index (χ0) is 19.2. The van der Waals surface area contributed by atoms with Gasteiger partial charge in [0.05, 0.1) is 14.2 Å². The predicted octanol–water partition coefficient (Wildman–Crippen LogP) is 2.80. The molecule has 0 radical (unpaired) electrons. The number of ether oxygens (including phenoxy) is 2. The highest BCUT2D eigenvalue weighted by molar-refractivity contribution is 5.99. The van der Waals surface area contributed by atoms with E-state index in [4.69, 9.17) is 9.47 Å². The second-order valence-corrected chi connectivity index (χ2v) is 6.38. The van der Waals surface area contributed by atoms with Crippen LogP contribution in [0.3, 0.4) is 0 Å². The Balaban J connectivity index is 1.62. The molecular formula is C21H24N2O4. The number of hydrogen-bond donors (Lipinski definition) is 1. The van der Waals surface area contributed by atoms with Crippen molar-refractivity contribution in [1.82, 2.24) is 5.32 Å². The number of benzene rings is 2. The summed E-state index contributed by atoms with van der Waals surface area (Å²) < 4.78 is 10.6. The molecule has 1 fully saturated rings. The molecule has 0 bridgehead atoms. The number of anilines is 1. The minimum atomic E-state index is -0.162. The van der Waals surface area contributed by atoms with Crippen molar-refractivity contribution in [3.8, 4) is 11.5 Å². The molecule has 6 nitrogen and oxygen atoms in total. The summed E-state index contributed by atoms with van der Waals surface area (Å²) in [5.74, 6) is 1.46. The molecule has 0 aromatic heterocycles. The molecule has 3 rings (SSSR count). The van der Waals surface area contributed by atoms with E-state index in [9.17, 15) is 9.59 Å². The molecule has 6 heteroatoms. The third-order valence-corrected chi connectivity index (χ3v) is 4.66. The van der Waals surface area contributed by atoms with E-state index in [1.807, 2.05) is 24.3 Å². The van der Waals surface area contributed by atoms with Crippen molar-refractivity contribution in [3.05, 3.63) is 53.6 Å². The van der Waals surface area contributed by atoms with Gasteiger partial charge in [-0.25, -0.2) is 0 Å². The monoisotopic (exact) mass is 368 g/mol. The molecule has 1 heterocycles. The van der Waals surface area contributed by atoms with Gasteiger partial charge in [-0.15, -0.1) is 0 Å². The molecule has 142 valence electrons. The van der Waals surface area contributed by atoms with E-state index in [1.165, 1.54) is 0 Å². The van der Waals surface area contributed by atoms with E-state index in [0.29, 0.717) is 31.5 Å². The predicted molar refractivity (Wildman–Crippen MR) is 104 cm³/mol. The summed E-state index contributed by atoms with van der Waals surface area (Å²) in [6.45, 7) is 1.18. The standard InChI is InChI=1S/C21H24N2O4/c1-26-18-8-9-19(27-2)15(14-18)10-11-22-21(25)16-5-3-6-17(13-16)23-12-4-7-20(23)24/h3,5-6,8-9,13-14H,4,7,10-12H2,1-2H3,(H,22,25). The molecule has 2 amide bonds. The SMILES string of the molecule is COc1ccc(OC)c(CCNC(=O)c2cccc(N3CCCC3=O)c2)c1. The fourth-order valence-electron chi connectivity index (χ4n) is 3.23. The number of methoxy groups -OCH3 is 2. The van der Waals surface area contributed by atoms with E-state index < -0.39 is 0 Å². The van der Waals surface area contributed by atoms with E-state index in [-0.39, 0.29) is 11.8 Å². The summed E-state index contributed by atoms with van der Waals surface area (Å²) in [6.07, 6.45) is 2.05. The second kappa shape index (κ2) is 8.58. The Bertz CT molecular complexity index is 835. The lowest BCUT2D eigenvalue weighted by molar-refractivity contribution is -0.117. The Morgan fingerprint density at radius 3 is 2.70 bits per heavy atom. The van der Waals surface area contributed by atoms with Gasteiger partial charge in [0.1, 0.15) is 11.5 Å². The maximum Gasteiger partial charge on any atom is 0.251 e. The molecule has 0 spiro atoms. The maximum absolute atomic E-state index is 12.5. The molecule has 2 aromatic carbocycles. The van der Waals surface area contributed by atoms with Crippen molar-refractivity contribution >= 4 is 17.5 Å². The highest BCUT2D eigenvalue weighted by Crippen LogP contribution is 2.24. The summed E-state index contributed by atoms with van der Waals surface area (Å²) in [7, 11) is 3.24. The van der Waals surface area contributed by atoms with Gasteiger partial charge in [0.2, 0.25) is 5.91 Å².